The first-order valence-electron chi connectivity index (χ1n) is 8.69. The fourth-order valence-electron chi connectivity index (χ4n) is 3.32. The Bertz CT molecular complexity index is 411. The Balaban J connectivity index is 2.03. The SMILES string of the molecule is CCNC(Cc1nc(C(C)(C)C)cs1)C1CCCCCC1. The summed E-state index contributed by atoms with van der Waals surface area (Å²) >= 11 is 1.85. The third-order valence-corrected chi connectivity index (χ3v) is 5.52. The van der Waals surface area contributed by atoms with Crippen LogP contribution in [0.25, 0.3) is 0 Å². The second-order valence-corrected chi connectivity index (χ2v) is 8.44. The summed E-state index contributed by atoms with van der Waals surface area (Å²) in [6, 6.07) is 0.618. The topological polar surface area (TPSA) is 24.9 Å². The molecule has 0 aliphatic heterocycles. The molecule has 1 aromatic heterocycles. The van der Waals surface area contributed by atoms with Crippen LogP contribution in [0.5, 0.6) is 0 Å². The number of hydrogen-bond acceptors (Lipinski definition) is 3. The Morgan fingerprint density at radius 2 is 1.90 bits per heavy atom. The smallest absolute Gasteiger partial charge is 0.0944 e. The van der Waals surface area contributed by atoms with E-state index in [0.717, 1.165) is 18.9 Å². The molecule has 3 heteroatoms. The van der Waals surface area contributed by atoms with Gasteiger partial charge in [0.05, 0.1) is 10.7 Å². The van der Waals surface area contributed by atoms with Gasteiger partial charge in [0.1, 0.15) is 0 Å². The highest BCUT2D eigenvalue weighted by Gasteiger charge is 2.24. The molecule has 1 saturated carbocycles. The highest BCUT2D eigenvalue weighted by molar-refractivity contribution is 7.09. The number of nitrogens with zero attached hydrogens (tertiary/aromatic N) is 1. The van der Waals surface area contributed by atoms with E-state index in [1.807, 2.05) is 11.3 Å². The molecule has 21 heavy (non-hydrogen) atoms. The van der Waals surface area contributed by atoms with Crippen LogP contribution in [-0.2, 0) is 11.8 Å². The van der Waals surface area contributed by atoms with Crippen molar-refractivity contribution in [1.82, 2.24) is 10.3 Å². The summed E-state index contributed by atoms with van der Waals surface area (Å²) in [4.78, 5) is 4.90. The van der Waals surface area contributed by atoms with Crippen LogP contribution in [-0.4, -0.2) is 17.6 Å². The summed E-state index contributed by atoms with van der Waals surface area (Å²) in [6.45, 7) is 10.0. The zero-order valence-electron chi connectivity index (χ0n) is 14.2. The number of nitrogens with one attached hydrogen (secondary N) is 1. The molecule has 0 radical (unpaired) electrons. The normalized spacial score (nSPS) is 19.4. The lowest BCUT2D eigenvalue weighted by Gasteiger charge is -2.26. The minimum Gasteiger partial charge on any atom is -0.314 e. The Hall–Kier alpha value is -0.410. The fraction of sp³-hybridized carbons (Fsp3) is 0.833. The van der Waals surface area contributed by atoms with E-state index in [0.29, 0.717) is 6.04 Å². The number of rotatable bonds is 5. The molecule has 0 saturated heterocycles. The van der Waals surface area contributed by atoms with E-state index in [1.54, 1.807) is 0 Å². The predicted octanol–water partition coefficient (Wildman–Crippen LogP) is 4.93. The second-order valence-electron chi connectivity index (χ2n) is 7.50. The van der Waals surface area contributed by atoms with Gasteiger partial charge in [-0.2, -0.15) is 0 Å². The molecule has 1 aliphatic carbocycles. The van der Waals surface area contributed by atoms with Gasteiger partial charge < -0.3 is 5.32 Å². The number of aromatic nitrogens is 1. The maximum atomic E-state index is 4.90. The summed E-state index contributed by atoms with van der Waals surface area (Å²) in [7, 11) is 0. The van der Waals surface area contributed by atoms with Crippen LogP contribution < -0.4 is 5.32 Å². The van der Waals surface area contributed by atoms with Crippen LogP contribution >= 0.6 is 11.3 Å². The number of likely N-dealkylation sites (N-methyl/N-ethyl adjacent to an activating group) is 1. The van der Waals surface area contributed by atoms with Gasteiger partial charge in [0.25, 0.3) is 0 Å². The van der Waals surface area contributed by atoms with Gasteiger partial charge in [0.15, 0.2) is 0 Å². The molecular formula is C18H32N2S. The zero-order valence-corrected chi connectivity index (χ0v) is 15.1. The van der Waals surface area contributed by atoms with Gasteiger partial charge in [0.2, 0.25) is 0 Å². The number of thiazole rings is 1. The lowest BCUT2D eigenvalue weighted by molar-refractivity contribution is 0.321. The van der Waals surface area contributed by atoms with Crippen molar-refractivity contribution in [2.24, 2.45) is 5.92 Å². The Morgan fingerprint density at radius 3 is 2.43 bits per heavy atom. The van der Waals surface area contributed by atoms with E-state index in [2.05, 4.69) is 38.4 Å². The van der Waals surface area contributed by atoms with Crippen molar-refractivity contribution in [3.63, 3.8) is 0 Å². The maximum Gasteiger partial charge on any atom is 0.0944 e. The van der Waals surface area contributed by atoms with E-state index in [-0.39, 0.29) is 5.41 Å². The van der Waals surface area contributed by atoms with E-state index >= 15 is 0 Å². The molecule has 1 atom stereocenters. The average molecular weight is 309 g/mol. The van der Waals surface area contributed by atoms with Crippen LogP contribution in [0.2, 0.25) is 0 Å². The van der Waals surface area contributed by atoms with Crippen molar-refractivity contribution in [3.05, 3.63) is 16.1 Å². The molecule has 0 amide bonds. The quantitative estimate of drug-likeness (QED) is 0.780. The molecule has 1 fully saturated rings. The highest BCUT2D eigenvalue weighted by atomic mass is 32.1. The molecule has 120 valence electrons. The number of hydrogen-bond donors (Lipinski definition) is 1. The average Bonchev–Trinajstić information content (AvgIpc) is 2.73. The van der Waals surface area contributed by atoms with Crippen LogP contribution in [0.4, 0.5) is 0 Å². The van der Waals surface area contributed by atoms with Gasteiger partial charge in [-0.25, -0.2) is 4.98 Å². The van der Waals surface area contributed by atoms with Crippen molar-refractivity contribution in [1.29, 1.82) is 0 Å². The Morgan fingerprint density at radius 1 is 1.24 bits per heavy atom. The molecule has 1 heterocycles. The van der Waals surface area contributed by atoms with Crippen molar-refractivity contribution in [2.75, 3.05) is 6.54 Å². The van der Waals surface area contributed by atoms with E-state index in [4.69, 9.17) is 4.98 Å². The third-order valence-electron chi connectivity index (χ3n) is 4.65. The lowest BCUT2D eigenvalue weighted by Crippen LogP contribution is -2.38. The van der Waals surface area contributed by atoms with Gasteiger partial charge in [-0.3, -0.25) is 0 Å². The molecule has 0 spiro atoms. The van der Waals surface area contributed by atoms with Gasteiger partial charge in [-0.15, -0.1) is 11.3 Å². The molecule has 2 nitrogen and oxygen atoms in total. The van der Waals surface area contributed by atoms with Crippen LogP contribution in [0.15, 0.2) is 5.38 Å². The molecule has 1 N–H and O–H groups in total. The predicted molar refractivity (Wildman–Crippen MR) is 93.2 cm³/mol. The van der Waals surface area contributed by atoms with Crippen molar-refractivity contribution < 1.29 is 0 Å². The summed E-state index contributed by atoms with van der Waals surface area (Å²) in [6.07, 6.45) is 9.60. The summed E-state index contributed by atoms with van der Waals surface area (Å²) in [5.41, 5.74) is 1.42. The van der Waals surface area contributed by atoms with E-state index in [9.17, 15) is 0 Å². The van der Waals surface area contributed by atoms with Gasteiger partial charge in [-0.1, -0.05) is 53.4 Å². The monoisotopic (exact) mass is 308 g/mol. The third kappa shape index (κ3) is 5.07. The van der Waals surface area contributed by atoms with Gasteiger partial charge >= 0.3 is 0 Å². The fourth-order valence-corrected chi connectivity index (χ4v) is 4.40. The van der Waals surface area contributed by atoms with Crippen LogP contribution in [0, 0.1) is 5.92 Å². The molecule has 0 aromatic carbocycles. The Kier molecular flexibility index (Phi) is 6.24. The van der Waals surface area contributed by atoms with Crippen molar-refractivity contribution in [3.8, 4) is 0 Å². The summed E-state index contributed by atoms with van der Waals surface area (Å²) in [5, 5.41) is 7.31. The first-order chi connectivity index (χ1) is 10.0. The zero-order chi connectivity index (χ0) is 15.3. The first-order valence-corrected chi connectivity index (χ1v) is 9.57. The van der Waals surface area contributed by atoms with Gasteiger partial charge in [-0.05, 0) is 25.3 Å². The lowest BCUT2D eigenvalue weighted by atomic mass is 9.89. The molecular weight excluding hydrogens is 276 g/mol. The molecule has 1 unspecified atom stereocenters. The van der Waals surface area contributed by atoms with E-state index in [1.165, 1.54) is 49.2 Å². The minimum absolute atomic E-state index is 0.171. The summed E-state index contributed by atoms with van der Waals surface area (Å²) in [5.74, 6) is 0.842. The maximum absolute atomic E-state index is 4.90. The first kappa shape index (κ1) is 17.0. The standard InChI is InChI=1S/C18H32N2S/c1-5-19-15(14-10-8-6-7-9-11-14)12-17-20-16(13-21-17)18(2,3)4/h13-15,19H,5-12H2,1-4H3. The molecule has 2 rings (SSSR count). The van der Waals surface area contributed by atoms with Crippen molar-refractivity contribution in [2.45, 2.75) is 84.1 Å². The molecule has 0 bridgehead atoms. The van der Waals surface area contributed by atoms with Crippen LogP contribution in [0.3, 0.4) is 0 Å². The van der Waals surface area contributed by atoms with Crippen molar-refractivity contribution >= 4 is 11.3 Å². The molecule has 1 aliphatic rings. The molecule has 1 aromatic rings. The Labute approximate surface area is 134 Å². The highest BCUT2D eigenvalue weighted by Crippen LogP contribution is 2.29. The van der Waals surface area contributed by atoms with Gasteiger partial charge in [0, 0.05) is 23.3 Å². The summed E-state index contributed by atoms with van der Waals surface area (Å²) < 4.78 is 0. The van der Waals surface area contributed by atoms with Crippen LogP contribution in [0.1, 0.15) is 76.9 Å². The largest absolute Gasteiger partial charge is 0.314 e. The van der Waals surface area contributed by atoms with E-state index < -0.39 is 0 Å². The second kappa shape index (κ2) is 7.73. The minimum atomic E-state index is 0.171.